The number of ether oxygens (including phenoxy) is 1. The van der Waals surface area contributed by atoms with Gasteiger partial charge in [0.2, 0.25) is 0 Å². The largest absolute Gasteiger partial charge is 0.495 e. The average molecular weight is 339 g/mol. The monoisotopic (exact) mass is 338 g/mol. The van der Waals surface area contributed by atoms with E-state index in [1.54, 1.807) is 25.6 Å². The van der Waals surface area contributed by atoms with Crippen LogP contribution in [0.3, 0.4) is 0 Å². The minimum absolute atomic E-state index is 0.254. The van der Waals surface area contributed by atoms with Crippen molar-refractivity contribution >= 4 is 15.9 Å². The summed E-state index contributed by atoms with van der Waals surface area (Å²) in [7, 11) is 1.59. The standard InChI is InChI=1S/C15H16BrFN2O/c1-3-19-15(10-6-12(20-2)9-18-8-10)13-5-4-11(16)7-14(13)17/h4-9,15,19H,3H2,1-2H3. The molecule has 106 valence electrons. The van der Waals surface area contributed by atoms with Crippen LogP contribution in [-0.4, -0.2) is 18.6 Å². The number of aromatic nitrogens is 1. The molecule has 1 heterocycles. The first-order valence-electron chi connectivity index (χ1n) is 6.33. The molecule has 1 unspecified atom stereocenters. The molecule has 1 N–H and O–H groups in total. The van der Waals surface area contributed by atoms with Crippen molar-refractivity contribution in [3.63, 3.8) is 0 Å². The molecule has 0 saturated heterocycles. The highest BCUT2D eigenvalue weighted by Crippen LogP contribution is 2.27. The molecule has 1 aromatic carbocycles. The highest BCUT2D eigenvalue weighted by atomic mass is 79.9. The van der Waals surface area contributed by atoms with Crippen LogP contribution in [0, 0.1) is 5.82 Å². The molecule has 0 aliphatic carbocycles. The van der Waals surface area contributed by atoms with E-state index in [4.69, 9.17) is 4.74 Å². The number of hydrogen-bond acceptors (Lipinski definition) is 3. The van der Waals surface area contributed by atoms with E-state index in [-0.39, 0.29) is 11.9 Å². The van der Waals surface area contributed by atoms with Crippen molar-refractivity contribution < 1.29 is 9.13 Å². The zero-order valence-corrected chi connectivity index (χ0v) is 12.9. The van der Waals surface area contributed by atoms with E-state index in [0.29, 0.717) is 11.3 Å². The summed E-state index contributed by atoms with van der Waals surface area (Å²) in [5.41, 5.74) is 1.46. The van der Waals surface area contributed by atoms with Crippen LogP contribution in [0.4, 0.5) is 4.39 Å². The Bertz CT molecular complexity index is 592. The van der Waals surface area contributed by atoms with Gasteiger partial charge in [0.1, 0.15) is 11.6 Å². The summed E-state index contributed by atoms with van der Waals surface area (Å²) in [5.74, 6) is 0.399. The lowest BCUT2D eigenvalue weighted by molar-refractivity contribution is 0.411. The Morgan fingerprint density at radius 3 is 2.80 bits per heavy atom. The predicted molar refractivity (Wildman–Crippen MR) is 80.4 cm³/mol. The zero-order chi connectivity index (χ0) is 14.5. The molecule has 1 aromatic heterocycles. The number of pyridine rings is 1. The molecular weight excluding hydrogens is 323 g/mol. The minimum Gasteiger partial charge on any atom is -0.495 e. The molecule has 0 spiro atoms. The summed E-state index contributed by atoms with van der Waals surface area (Å²) in [4.78, 5) is 4.13. The van der Waals surface area contributed by atoms with Gasteiger partial charge in [0, 0.05) is 16.2 Å². The maximum Gasteiger partial charge on any atom is 0.137 e. The molecule has 0 aliphatic rings. The molecule has 0 aliphatic heterocycles. The molecule has 3 nitrogen and oxygen atoms in total. The fraction of sp³-hybridized carbons (Fsp3) is 0.267. The summed E-state index contributed by atoms with van der Waals surface area (Å²) in [6.45, 7) is 2.70. The van der Waals surface area contributed by atoms with E-state index in [2.05, 4.69) is 26.2 Å². The maximum atomic E-state index is 14.2. The smallest absolute Gasteiger partial charge is 0.137 e. The van der Waals surface area contributed by atoms with Crippen LogP contribution in [-0.2, 0) is 0 Å². The summed E-state index contributed by atoms with van der Waals surface area (Å²) in [5, 5.41) is 3.28. The lowest BCUT2D eigenvalue weighted by atomic mass is 9.99. The Morgan fingerprint density at radius 1 is 1.35 bits per heavy atom. The zero-order valence-electron chi connectivity index (χ0n) is 11.4. The fourth-order valence-electron chi connectivity index (χ4n) is 2.05. The van der Waals surface area contributed by atoms with Crippen molar-refractivity contribution in [2.24, 2.45) is 0 Å². The lowest BCUT2D eigenvalue weighted by Crippen LogP contribution is -2.23. The predicted octanol–water partition coefficient (Wildman–Crippen LogP) is 3.69. The molecule has 0 saturated carbocycles. The number of benzene rings is 1. The van der Waals surface area contributed by atoms with Crippen molar-refractivity contribution in [3.05, 3.63) is 58.1 Å². The van der Waals surface area contributed by atoms with Gasteiger partial charge in [-0.2, -0.15) is 0 Å². The van der Waals surface area contributed by atoms with Gasteiger partial charge in [-0.1, -0.05) is 28.9 Å². The maximum absolute atomic E-state index is 14.2. The first kappa shape index (κ1) is 14.9. The molecule has 0 amide bonds. The highest BCUT2D eigenvalue weighted by molar-refractivity contribution is 9.10. The second-order valence-electron chi connectivity index (χ2n) is 4.31. The molecule has 20 heavy (non-hydrogen) atoms. The fourth-order valence-corrected chi connectivity index (χ4v) is 2.39. The van der Waals surface area contributed by atoms with Gasteiger partial charge in [0.25, 0.3) is 0 Å². The van der Waals surface area contributed by atoms with Crippen LogP contribution >= 0.6 is 15.9 Å². The van der Waals surface area contributed by atoms with Gasteiger partial charge in [0.15, 0.2) is 0 Å². The Balaban J connectivity index is 2.44. The topological polar surface area (TPSA) is 34.2 Å². The number of hydrogen-bond donors (Lipinski definition) is 1. The van der Waals surface area contributed by atoms with E-state index in [0.717, 1.165) is 16.6 Å². The van der Waals surface area contributed by atoms with Crippen molar-refractivity contribution in [1.29, 1.82) is 0 Å². The van der Waals surface area contributed by atoms with Crippen LogP contribution < -0.4 is 10.1 Å². The second kappa shape index (κ2) is 6.81. The number of halogens is 2. The van der Waals surface area contributed by atoms with E-state index >= 15 is 0 Å². The van der Waals surface area contributed by atoms with E-state index < -0.39 is 0 Å². The Kier molecular flexibility index (Phi) is 5.09. The third kappa shape index (κ3) is 3.35. The van der Waals surface area contributed by atoms with Crippen LogP contribution in [0.15, 0.2) is 41.1 Å². The van der Waals surface area contributed by atoms with Gasteiger partial charge >= 0.3 is 0 Å². The Morgan fingerprint density at radius 2 is 2.15 bits per heavy atom. The van der Waals surface area contributed by atoms with Crippen LogP contribution in [0.5, 0.6) is 5.75 Å². The number of rotatable bonds is 5. The van der Waals surface area contributed by atoms with Gasteiger partial charge in [-0.25, -0.2) is 4.39 Å². The van der Waals surface area contributed by atoms with Gasteiger partial charge < -0.3 is 10.1 Å². The molecule has 1 atom stereocenters. The van der Waals surface area contributed by atoms with Crippen LogP contribution in [0.2, 0.25) is 0 Å². The molecule has 0 bridgehead atoms. The van der Waals surface area contributed by atoms with Crippen LogP contribution in [0.25, 0.3) is 0 Å². The molecule has 2 aromatic rings. The number of nitrogens with one attached hydrogen (secondary N) is 1. The summed E-state index contributed by atoms with van der Waals surface area (Å²) < 4.78 is 20.1. The van der Waals surface area contributed by atoms with Crippen molar-refractivity contribution in [3.8, 4) is 5.75 Å². The first-order chi connectivity index (χ1) is 9.65. The lowest BCUT2D eigenvalue weighted by Gasteiger charge is -2.19. The molecule has 5 heteroatoms. The molecular formula is C15H16BrFN2O. The summed E-state index contributed by atoms with van der Waals surface area (Å²) >= 11 is 3.27. The number of methoxy groups -OCH3 is 1. The van der Waals surface area contributed by atoms with Gasteiger partial charge in [-0.15, -0.1) is 0 Å². The Hall–Kier alpha value is -1.46. The van der Waals surface area contributed by atoms with Gasteiger partial charge in [-0.3, -0.25) is 4.98 Å². The quantitative estimate of drug-likeness (QED) is 0.902. The molecule has 0 radical (unpaired) electrons. The van der Waals surface area contributed by atoms with Crippen molar-refractivity contribution in [2.45, 2.75) is 13.0 Å². The van der Waals surface area contributed by atoms with Gasteiger partial charge in [0.05, 0.1) is 19.3 Å². The SMILES string of the molecule is CCNC(c1cncc(OC)c1)c1ccc(Br)cc1F. The Labute approximate surface area is 126 Å². The van der Waals surface area contributed by atoms with E-state index in [1.807, 2.05) is 19.1 Å². The second-order valence-corrected chi connectivity index (χ2v) is 5.23. The third-order valence-electron chi connectivity index (χ3n) is 2.99. The normalized spacial score (nSPS) is 12.2. The van der Waals surface area contributed by atoms with Crippen LogP contribution in [0.1, 0.15) is 24.1 Å². The third-order valence-corrected chi connectivity index (χ3v) is 3.48. The molecule has 0 fully saturated rings. The first-order valence-corrected chi connectivity index (χ1v) is 7.12. The van der Waals surface area contributed by atoms with Crippen molar-refractivity contribution in [2.75, 3.05) is 13.7 Å². The van der Waals surface area contributed by atoms with Gasteiger partial charge in [-0.05, 0) is 30.3 Å². The highest BCUT2D eigenvalue weighted by Gasteiger charge is 2.18. The van der Waals surface area contributed by atoms with E-state index in [9.17, 15) is 4.39 Å². The van der Waals surface area contributed by atoms with E-state index in [1.165, 1.54) is 6.07 Å². The summed E-state index contributed by atoms with van der Waals surface area (Å²) in [6.07, 6.45) is 3.35. The number of nitrogens with zero attached hydrogens (tertiary/aromatic N) is 1. The average Bonchev–Trinajstić information content (AvgIpc) is 2.45. The summed E-state index contributed by atoms with van der Waals surface area (Å²) in [6, 6.07) is 6.67. The molecule has 2 rings (SSSR count). The minimum atomic E-state index is -0.256. The van der Waals surface area contributed by atoms with Crippen molar-refractivity contribution in [1.82, 2.24) is 10.3 Å².